The van der Waals surface area contributed by atoms with E-state index < -0.39 is 0 Å². The van der Waals surface area contributed by atoms with E-state index in [9.17, 15) is 4.79 Å². The molecule has 1 amide bonds. The molecular formula is C16H22Cl2N2O. The van der Waals surface area contributed by atoms with Crippen molar-refractivity contribution in [1.82, 2.24) is 5.32 Å². The average Bonchev–Trinajstić information content (AvgIpc) is 2.49. The fourth-order valence-corrected chi connectivity index (χ4v) is 3.51. The molecule has 21 heavy (non-hydrogen) atoms. The first-order valence-corrected chi connectivity index (χ1v) is 8.29. The molecule has 1 aromatic carbocycles. The molecule has 1 aliphatic carbocycles. The molecule has 116 valence electrons. The van der Waals surface area contributed by atoms with E-state index in [0.29, 0.717) is 35.5 Å². The Morgan fingerprint density at radius 3 is 2.76 bits per heavy atom. The van der Waals surface area contributed by atoms with Crippen molar-refractivity contribution in [3.05, 3.63) is 33.8 Å². The first kappa shape index (κ1) is 16.6. The van der Waals surface area contributed by atoms with E-state index in [-0.39, 0.29) is 11.8 Å². The van der Waals surface area contributed by atoms with E-state index in [4.69, 9.17) is 28.9 Å². The smallest absolute Gasteiger partial charge is 0.223 e. The van der Waals surface area contributed by atoms with Crippen LogP contribution in [-0.4, -0.2) is 19.0 Å². The lowest BCUT2D eigenvalue weighted by Crippen LogP contribution is -2.40. The Kier molecular flexibility index (Phi) is 6.34. The molecule has 0 bridgehead atoms. The number of benzene rings is 1. The first-order valence-electron chi connectivity index (χ1n) is 7.53. The zero-order valence-electron chi connectivity index (χ0n) is 12.1. The number of halogens is 2. The van der Waals surface area contributed by atoms with E-state index in [2.05, 4.69) is 5.32 Å². The number of carbonyl (C=O) groups is 1. The summed E-state index contributed by atoms with van der Waals surface area (Å²) in [7, 11) is 0. The van der Waals surface area contributed by atoms with Crippen LogP contribution in [0.3, 0.4) is 0 Å². The molecule has 2 rings (SSSR count). The minimum absolute atomic E-state index is 0.0736. The van der Waals surface area contributed by atoms with Gasteiger partial charge in [0.15, 0.2) is 0 Å². The summed E-state index contributed by atoms with van der Waals surface area (Å²) in [5.41, 5.74) is 6.78. The molecule has 2 unspecified atom stereocenters. The third-order valence-corrected chi connectivity index (χ3v) is 4.84. The summed E-state index contributed by atoms with van der Waals surface area (Å²) < 4.78 is 0. The standard InChI is InChI=1S/C16H22Cl2N2O/c17-13-6-5-11(15(18)9-13)7-8-20-16(21)14-4-2-1-3-12(14)10-19/h5-6,9,12,14H,1-4,7-8,10,19H2,(H,20,21). The lowest BCUT2D eigenvalue weighted by molar-refractivity contribution is -0.127. The highest BCUT2D eigenvalue weighted by Gasteiger charge is 2.29. The van der Waals surface area contributed by atoms with Crippen LogP contribution in [0.4, 0.5) is 0 Å². The van der Waals surface area contributed by atoms with Gasteiger partial charge in [-0.15, -0.1) is 0 Å². The Hall–Kier alpha value is -0.770. The average molecular weight is 329 g/mol. The monoisotopic (exact) mass is 328 g/mol. The predicted octanol–water partition coefficient (Wildman–Crippen LogP) is 3.42. The van der Waals surface area contributed by atoms with Gasteiger partial charge in [0, 0.05) is 22.5 Å². The largest absolute Gasteiger partial charge is 0.356 e. The molecule has 0 heterocycles. The molecule has 1 saturated carbocycles. The van der Waals surface area contributed by atoms with Gasteiger partial charge < -0.3 is 11.1 Å². The molecule has 5 heteroatoms. The number of carbonyl (C=O) groups excluding carboxylic acids is 1. The lowest BCUT2D eigenvalue weighted by atomic mass is 9.79. The fraction of sp³-hybridized carbons (Fsp3) is 0.562. The summed E-state index contributed by atoms with van der Waals surface area (Å²) in [4.78, 5) is 12.3. The van der Waals surface area contributed by atoms with Gasteiger partial charge in [0.05, 0.1) is 0 Å². The summed E-state index contributed by atoms with van der Waals surface area (Å²) in [6, 6.07) is 5.45. The zero-order valence-corrected chi connectivity index (χ0v) is 13.6. The molecule has 3 nitrogen and oxygen atoms in total. The van der Waals surface area contributed by atoms with Crippen LogP contribution in [0.1, 0.15) is 31.2 Å². The Bertz CT molecular complexity index is 493. The van der Waals surface area contributed by atoms with Crippen molar-refractivity contribution >= 4 is 29.1 Å². The van der Waals surface area contributed by atoms with E-state index >= 15 is 0 Å². The maximum atomic E-state index is 12.3. The molecule has 0 radical (unpaired) electrons. The van der Waals surface area contributed by atoms with Crippen molar-refractivity contribution in [2.45, 2.75) is 32.1 Å². The van der Waals surface area contributed by atoms with Gasteiger partial charge in [-0.1, -0.05) is 42.1 Å². The Balaban J connectivity index is 1.83. The minimum Gasteiger partial charge on any atom is -0.356 e. The van der Waals surface area contributed by atoms with Gasteiger partial charge in [-0.3, -0.25) is 4.79 Å². The number of rotatable bonds is 5. The second-order valence-corrected chi connectivity index (χ2v) is 6.51. The van der Waals surface area contributed by atoms with Gasteiger partial charge >= 0.3 is 0 Å². The highest BCUT2D eigenvalue weighted by atomic mass is 35.5. The maximum absolute atomic E-state index is 12.3. The third kappa shape index (κ3) is 4.60. The summed E-state index contributed by atoms with van der Waals surface area (Å²) in [6.45, 7) is 1.19. The SMILES string of the molecule is NCC1CCCCC1C(=O)NCCc1ccc(Cl)cc1Cl. The lowest BCUT2D eigenvalue weighted by Gasteiger charge is -2.29. The second-order valence-electron chi connectivity index (χ2n) is 5.66. The Labute approximate surface area is 136 Å². The molecule has 3 N–H and O–H groups in total. The first-order chi connectivity index (χ1) is 10.1. The zero-order chi connectivity index (χ0) is 15.2. The van der Waals surface area contributed by atoms with Crippen molar-refractivity contribution in [2.24, 2.45) is 17.6 Å². The number of hydrogen-bond donors (Lipinski definition) is 2. The van der Waals surface area contributed by atoms with E-state index in [1.807, 2.05) is 12.1 Å². The second kappa shape index (κ2) is 8.02. The number of nitrogens with one attached hydrogen (secondary N) is 1. The van der Waals surface area contributed by atoms with Gasteiger partial charge in [0.1, 0.15) is 0 Å². The molecule has 1 aliphatic rings. The number of hydrogen-bond acceptors (Lipinski definition) is 2. The van der Waals surface area contributed by atoms with Crippen LogP contribution in [-0.2, 0) is 11.2 Å². The molecule has 0 aliphatic heterocycles. The van der Waals surface area contributed by atoms with Crippen LogP contribution in [0.2, 0.25) is 10.0 Å². The third-order valence-electron chi connectivity index (χ3n) is 4.26. The van der Waals surface area contributed by atoms with Gasteiger partial charge in [0.2, 0.25) is 5.91 Å². The molecule has 1 fully saturated rings. The van der Waals surface area contributed by atoms with Crippen LogP contribution < -0.4 is 11.1 Å². The van der Waals surface area contributed by atoms with Crippen LogP contribution in [0.25, 0.3) is 0 Å². The number of nitrogens with two attached hydrogens (primary N) is 1. The maximum Gasteiger partial charge on any atom is 0.223 e. The summed E-state index contributed by atoms with van der Waals surface area (Å²) in [5, 5.41) is 4.29. The van der Waals surface area contributed by atoms with Crippen molar-refractivity contribution in [3.63, 3.8) is 0 Å². The van der Waals surface area contributed by atoms with E-state index in [1.54, 1.807) is 6.07 Å². The molecule has 0 spiro atoms. The molecule has 0 saturated heterocycles. The fourth-order valence-electron chi connectivity index (χ4n) is 3.01. The van der Waals surface area contributed by atoms with Crippen molar-refractivity contribution in [3.8, 4) is 0 Å². The summed E-state index contributed by atoms with van der Waals surface area (Å²) >= 11 is 12.0. The van der Waals surface area contributed by atoms with Crippen molar-refractivity contribution in [1.29, 1.82) is 0 Å². The van der Waals surface area contributed by atoms with Crippen molar-refractivity contribution < 1.29 is 4.79 Å². The normalized spacial score (nSPS) is 22.0. The highest BCUT2D eigenvalue weighted by molar-refractivity contribution is 6.35. The minimum atomic E-state index is 0.0736. The quantitative estimate of drug-likeness (QED) is 0.870. The Morgan fingerprint density at radius 1 is 1.29 bits per heavy atom. The van der Waals surface area contributed by atoms with Crippen LogP contribution in [0, 0.1) is 11.8 Å². The topological polar surface area (TPSA) is 55.1 Å². The molecule has 1 aromatic rings. The van der Waals surface area contributed by atoms with Gasteiger partial charge in [-0.05, 0) is 49.4 Å². The van der Waals surface area contributed by atoms with Crippen LogP contribution in [0.15, 0.2) is 18.2 Å². The number of amides is 1. The van der Waals surface area contributed by atoms with E-state index in [1.165, 1.54) is 6.42 Å². The van der Waals surface area contributed by atoms with Crippen molar-refractivity contribution in [2.75, 3.05) is 13.1 Å². The highest BCUT2D eigenvalue weighted by Crippen LogP contribution is 2.29. The molecule has 0 aromatic heterocycles. The summed E-state index contributed by atoms with van der Waals surface area (Å²) in [5.74, 6) is 0.539. The van der Waals surface area contributed by atoms with Gasteiger partial charge in [-0.2, -0.15) is 0 Å². The molecule has 2 atom stereocenters. The van der Waals surface area contributed by atoms with Crippen LogP contribution >= 0.6 is 23.2 Å². The van der Waals surface area contributed by atoms with Gasteiger partial charge in [-0.25, -0.2) is 0 Å². The van der Waals surface area contributed by atoms with E-state index in [0.717, 1.165) is 24.8 Å². The Morgan fingerprint density at radius 2 is 2.05 bits per heavy atom. The summed E-state index contributed by atoms with van der Waals surface area (Å²) in [6.07, 6.45) is 5.04. The predicted molar refractivity (Wildman–Crippen MR) is 87.7 cm³/mol. The molecular weight excluding hydrogens is 307 g/mol. The van der Waals surface area contributed by atoms with Crippen LogP contribution in [0.5, 0.6) is 0 Å². The van der Waals surface area contributed by atoms with Gasteiger partial charge in [0.25, 0.3) is 0 Å².